The molecule has 1 fully saturated rings. The van der Waals surface area contributed by atoms with E-state index >= 15 is 0 Å². The van der Waals surface area contributed by atoms with E-state index in [4.69, 9.17) is 20.9 Å². The van der Waals surface area contributed by atoms with Crippen molar-refractivity contribution in [1.82, 2.24) is 10.1 Å². The number of hydrogen-bond donors (Lipinski definition) is 2. The Kier molecular flexibility index (Phi) is 6.71. The maximum absolute atomic E-state index is 11.2. The highest BCUT2D eigenvalue weighted by molar-refractivity contribution is 9.10. The van der Waals surface area contributed by atoms with Crippen molar-refractivity contribution in [1.29, 1.82) is 0 Å². The highest BCUT2D eigenvalue weighted by atomic mass is 79.9. The van der Waals surface area contributed by atoms with Gasteiger partial charge in [-0.2, -0.15) is 4.98 Å². The molecule has 32 heavy (non-hydrogen) atoms. The molecule has 1 aliphatic carbocycles. The van der Waals surface area contributed by atoms with Crippen molar-refractivity contribution in [2.75, 3.05) is 5.32 Å². The van der Waals surface area contributed by atoms with E-state index < -0.39 is 5.97 Å². The van der Waals surface area contributed by atoms with E-state index in [0.29, 0.717) is 35.1 Å². The van der Waals surface area contributed by atoms with E-state index in [-0.39, 0.29) is 18.1 Å². The van der Waals surface area contributed by atoms with Crippen LogP contribution >= 0.6 is 27.5 Å². The number of hydrogen-bond acceptors (Lipinski definition) is 6. The minimum atomic E-state index is -0.732. The van der Waals surface area contributed by atoms with Gasteiger partial charge in [0.15, 0.2) is 0 Å². The molecule has 2 aromatic carbocycles. The van der Waals surface area contributed by atoms with E-state index in [1.54, 1.807) is 6.07 Å². The van der Waals surface area contributed by atoms with Crippen molar-refractivity contribution in [2.45, 2.75) is 45.3 Å². The van der Waals surface area contributed by atoms with Crippen LogP contribution in [0, 0.1) is 5.92 Å². The molecule has 0 saturated heterocycles. The molecular formula is C23H23BrClN3O4. The molecule has 1 aromatic heterocycles. The minimum Gasteiger partial charge on any atom is -0.490 e. The van der Waals surface area contributed by atoms with E-state index in [2.05, 4.69) is 31.4 Å². The lowest BCUT2D eigenvalue weighted by Crippen LogP contribution is -2.17. The first-order valence-electron chi connectivity index (χ1n) is 10.4. The van der Waals surface area contributed by atoms with Gasteiger partial charge in [0.05, 0.1) is 27.1 Å². The molecule has 0 bridgehead atoms. The monoisotopic (exact) mass is 519 g/mol. The van der Waals surface area contributed by atoms with Crippen molar-refractivity contribution < 1.29 is 19.2 Å². The predicted octanol–water partition coefficient (Wildman–Crippen LogP) is 6.27. The molecule has 0 amide bonds. The molecule has 1 unspecified atom stereocenters. The molecule has 2 atom stereocenters. The number of nitrogens with one attached hydrogen (secondary N) is 1. The van der Waals surface area contributed by atoms with Crippen LogP contribution in [0.1, 0.15) is 33.1 Å². The maximum atomic E-state index is 11.2. The average molecular weight is 521 g/mol. The number of nitrogens with zero attached hydrogens (tertiary/aromatic N) is 2. The van der Waals surface area contributed by atoms with Crippen molar-refractivity contribution in [3.63, 3.8) is 0 Å². The summed E-state index contributed by atoms with van der Waals surface area (Å²) in [6.07, 6.45) is 2.18. The molecule has 168 valence electrons. The van der Waals surface area contributed by atoms with Gasteiger partial charge in [0, 0.05) is 17.3 Å². The van der Waals surface area contributed by atoms with Gasteiger partial charge in [-0.3, -0.25) is 4.79 Å². The first-order chi connectivity index (χ1) is 15.3. The summed E-state index contributed by atoms with van der Waals surface area (Å²) in [7, 11) is 0. The van der Waals surface area contributed by atoms with Crippen molar-refractivity contribution in [3.8, 4) is 28.6 Å². The number of benzene rings is 2. The van der Waals surface area contributed by atoms with Gasteiger partial charge >= 0.3 is 5.97 Å². The molecule has 0 radical (unpaired) electrons. The van der Waals surface area contributed by atoms with Crippen LogP contribution in [0.4, 0.5) is 5.69 Å². The molecule has 0 spiro atoms. The highest BCUT2D eigenvalue weighted by Crippen LogP contribution is 2.34. The highest BCUT2D eigenvalue weighted by Gasteiger charge is 2.29. The van der Waals surface area contributed by atoms with Crippen LogP contribution in [0.3, 0.4) is 0 Å². The summed E-state index contributed by atoms with van der Waals surface area (Å²) in [5.74, 6) is 0.493. The number of carbonyl (C=O) groups is 1. The van der Waals surface area contributed by atoms with Gasteiger partial charge in [-0.25, -0.2) is 0 Å². The van der Waals surface area contributed by atoms with Gasteiger partial charge in [-0.1, -0.05) is 16.8 Å². The van der Waals surface area contributed by atoms with Gasteiger partial charge in [-0.05, 0) is 85.4 Å². The smallest absolute Gasteiger partial charge is 0.306 e. The lowest BCUT2D eigenvalue weighted by molar-refractivity contribution is -0.141. The molecule has 1 heterocycles. The Bertz CT molecular complexity index is 1130. The zero-order valence-electron chi connectivity index (χ0n) is 17.6. The summed E-state index contributed by atoms with van der Waals surface area (Å²) < 4.78 is 12.0. The Hall–Kier alpha value is -2.58. The lowest BCUT2D eigenvalue weighted by atomic mass is 10.1. The van der Waals surface area contributed by atoms with Crippen LogP contribution < -0.4 is 10.1 Å². The molecule has 0 aliphatic heterocycles. The van der Waals surface area contributed by atoms with E-state index in [1.165, 1.54) is 0 Å². The third-order valence-corrected chi connectivity index (χ3v) is 6.26. The van der Waals surface area contributed by atoms with Crippen LogP contribution in [-0.2, 0) is 4.79 Å². The first kappa shape index (κ1) is 22.6. The summed E-state index contributed by atoms with van der Waals surface area (Å²) in [6.45, 7) is 3.94. The van der Waals surface area contributed by atoms with Gasteiger partial charge < -0.3 is 19.7 Å². The second-order valence-corrected chi connectivity index (χ2v) is 9.38. The summed E-state index contributed by atoms with van der Waals surface area (Å²) in [4.78, 5) is 15.7. The number of ether oxygens (including phenoxy) is 1. The fraction of sp³-hybridized carbons (Fsp3) is 0.348. The molecule has 4 rings (SSSR count). The van der Waals surface area contributed by atoms with Gasteiger partial charge in [0.25, 0.3) is 5.89 Å². The average Bonchev–Trinajstić information content (AvgIpc) is 3.39. The molecule has 9 heteroatoms. The number of halogens is 2. The Morgan fingerprint density at radius 3 is 2.75 bits per heavy atom. The molecule has 7 nitrogen and oxygen atoms in total. The third-order valence-electron chi connectivity index (χ3n) is 5.33. The number of rotatable bonds is 7. The second-order valence-electron chi connectivity index (χ2n) is 8.12. The fourth-order valence-corrected chi connectivity index (χ4v) is 4.52. The number of aromatic nitrogens is 2. The third kappa shape index (κ3) is 5.07. The topological polar surface area (TPSA) is 97.5 Å². The summed E-state index contributed by atoms with van der Waals surface area (Å²) in [6, 6.07) is 11.2. The summed E-state index contributed by atoms with van der Waals surface area (Å²) in [5, 5.41) is 17.1. The quantitative estimate of drug-likeness (QED) is 0.379. The van der Waals surface area contributed by atoms with Crippen molar-refractivity contribution >= 4 is 39.2 Å². The fourth-order valence-electron chi connectivity index (χ4n) is 3.79. The SMILES string of the molecule is CC(C)Oc1ccc(-c2noc(-c3ccc(NC4CC[C@@H](C(=O)O)C4)cc3Cl)n2)cc1Br. The van der Waals surface area contributed by atoms with E-state index in [0.717, 1.165) is 27.9 Å². The van der Waals surface area contributed by atoms with Crippen LogP contribution in [0.2, 0.25) is 5.02 Å². The van der Waals surface area contributed by atoms with Crippen molar-refractivity contribution in [3.05, 3.63) is 45.9 Å². The second kappa shape index (κ2) is 9.50. The number of aliphatic carboxylic acids is 1. The Labute approximate surface area is 199 Å². The lowest BCUT2D eigenvalue weighted by Gasteiger charge is -2.14. The zero-order chi connectivity index (χ0) is 22.8. The number of carboxylic acids is 1. The molecule has 1 aliphatic rings. The summed E-state index contributed by atoms with van der Waals surface area (Å²) in [5.41, 5.74) is 2.25. The van der Waals surface area contributed by atoms with Gasteiger partial charge in [0.2, 0.25) is 5.82 Å². The van der Waals surface area contributed by atoms with Crippen LogP contribution in [0.5, 0.6) is 5.75 Å². The largest absolute Gasteiger partial charge is 0.490 e. The normalized spacial score (nSPS) is 18.2. The number of anilines is 1. The van der Waals surface area contributed by atoms with E-state index in [9.17, 15) is 9.90 Å². The molecule has 3 aromatic rings. The Morgan fingerprint density at radius 2 is 2.09 bits per heavy atom. The van der Waals surface area contributed by atoms with Crippen LogP contribution in [0.25, 0.3) is 22.8 Å². The zero-order valence-corrected chi connectivity index (χ0v) is 20.0. The maximum Gasteiger partial charge on any atom is 0.306 e. The molecule has 2 N–H and O–H groups in total. The molecule has 1 saturated carbocycles. The van der Waals surface area contributed by atoms with E-state index in [1.807, 2.05) is 44.2 Å². The first-order valence-corrected chi connectivity index (χ1v) is 11.6. The predicted molar refractivity (Wildman–Crippen MR) is 126 cm³/mol. The van der Waals surface area contributed by atoms with Crippen LogP contribution in [0.15, 0.2) is 45.4 Å². The number of carboxylic acid groups (broad SMARTS) is 1. The standard InChI is InChI=1S/C23H23BrClN3O4/c1-12(2)31-20-8-4-13(10-18(20)24)21-27-22(32-28-21)17-7-6-16(11-19(17)25)26-15-5-3-14(9-15)23(29)30/h4,6-8,10-12,14-15,26H,3,5,9H2,1-2H3,(H,29,30)/t14-,15?/m1/s1. The Morgan fingerprint density at radius 1 is 1.28 bits per heavy atom. The van der Waals surface area contributed by atoms with Crippen molar-refractivity contribution in [2.24, 2.45) is 5.92 Å². The summed E-state index contributed by atoms with van der Waals surface area (Å²) >= 11 is 10.0. The van der Waals surface area contributed by atoms with Gasteiger partial charge in [-0.15, -0.1) is 0 Å². The van der Waals surface area contributed by atoms with Crippen LogP contribution in [-0.4, -0.2) is 33.4 Å². The Balaban J connectivity index is 1.48. The molecular weight excluding hydrogens is 498 g/mol. The van der Waals surface area contributed by atoms with Gasteiger partial charge in [0.1, 0.15) is 5.75 Å². The minimum absolute atomic E-state index is 0.0702.